The molecule has 21 heavy (non-hydrogen) atoms. The van der Waals surface area contributed by atoms with Crippen LogP contribution in [-0.4, -0.2) is 57.1 Å². The third-order valence-electron chi connectivity index (χ3n) is 4.25. The number of piperidine rings is 1. The molecule has 2 saturated heterocycles. The van der Waals surface area contributed by atoms with Gasteiger partial charge in [-0.3, -0.25) is 4.79 Å². The van der Waals surface area contributed by atoms with E-state index in [1.807, 2.05) is 0 Å². The van der Waals surface area contributed by atoms with Crippen LogP contribution in [0.4, 0.5) is 0 Å². The number of carbonyl (C=O) groups excluding carboxylic acids is 1. The first-order valence-corrected chi connectivity index (χ1v) is 9.64. The first-order chi connectivity index (χ1) is 10.1. The van der Waals surface area contributed by atoms with Crippen LogP contribution in [-0.2, 0) is 14.8 Å². The monoisotopic (exact) mass is 317 g/mol. The van der Waals surface area contributed by atoms with Crippen LogP contribution in [0.2, 0.25) is 0 Å². The molecule has 0 saturated carbocycles. The van der Waals surface area contributed by atoms with Gasteiger partial charge in [0.1, 0.15) is 0 Å². The fourth-order valence-corrected chi connectivity index (χ4v) is 4.54. The third kappa shape index (κ3) is 5.56. The van der Waals surface area contributed by atoms with Gasteiger partial charge in [-0.1, -0.05) is 0 Å². The molecule has 0 aromatic carbocycles. The summed E-state index contributed by atoms with van der Waals surface area (Å²) in [5.41, 5.74) is 0. The van der Waals surface area contributed by atoms with E-state index in [0.717, 1.165) is 38.8 Å². The number of amides is 1. The minimum absolute atomic E-state index is 0.0304. The van der Waals surface area contributed by atoms with E-state index in [1.165, 1.54) is 0 Å². The molecule has 0 radical (unpaired) electrons. The Bertz CT molecular complexity index is 427. The smallest absolute Gasteiger partial charge is 0.220 e. The molecule has 7 heteroatoms. The van der Waals surface area contributed by atoms with E-state index in [-0.39, 0.29) is 11.7 Å². The van der Waals surface area contributed by atoms with Gasteiger partial charge in [0.2, 0.25) is 15.9 Å². The van der Waals surface area contributed by atoms with Crippen LogP contribution in [0.1, 0.15) is 38.5 Å². The van der Waals surface area contributed by atoms with Crippen LogP contribution in [0.3, 0.4) is 0 Å². The highest BCUT2D eigenvalue weighted by Crippen LogP contribution is 2.14. The average molecular weight is 317 g/mol. The second-order valence-electron chi connectivity index (χ2n) is 6.04. The van der Waals surface area contributed by atoms with Crippen LogP contribution >= 0.6 is 0 Å². The summed E-state index contributed by atoms with van der Waals surface area (Å²) < 4.78 is 25.6. The lowest BCUT2D eigenvalue weighted by atomic mass is 10.00. The maximum atomic E-state index is 12.0. The van der Waals surface area contributed by atoms with Crippen LogP contribution < -0.4 is 10.6 Å². The molecule has 6 nitrogen and oxygen atoms in total. The fraction of sp³-hybridized carbons (Fsp3) is 0.929. The molecule has 2 rings (SSSR count). The first-order valence-electron chi connectivity index (χ1n) is 8.03. The molecule has 1 unspecified atom stereocenters. The van der Waals surface area contributed by atoms with Gasteiger partial charge >= 0.3 is 0 Å². The summed E-state index contributed by atoms with van der Waals surface area (Å²) in [6, 6.07) is 0. The van der Waals surface area contributed by atoms with Gasteiger partial charge in [0.25, 0.3) is 0 Å². The second-order valence-corrected chi connectivity index (χ2v) is 8.13. The van der Waals surface area contributed by atoms with Crippen LogP contribution in [0.5, 0.6) is 0 Å². The van der Waals surface area contributed by atoms with E-state index in [0.29, 0.717) is 38.4 Å². The summed E-state index contributed by atoms with van der Waals surface area (Å²) in [4.78, 5) is 11.8. The van der Waals surface area contributed by atoms with Crippen molar-refractivity contribution in [3.05, 3.63) is 0 Å². The zero-order chi connectivity index (χ0) is 15.1. The first kappa shape index (κ1) is 16.7. The number of hydrogen-bond acceptors (Lipinski definition) is 4. The molecule has 2 aliphatic heterocycles. The van der Waals surface area contributed by atoms with Crippen LogP contribution in [0.15, 0.2) is 0 Å². The molecule has 0 bridgehead atoms. The highest BCUT2D eigenvalue weighted by molar-refractivity contribution is 7.89. The number of sulfonamides is 1. The van der Waals surface area contributed by atoms with E-state index in [4.69, 9.17) is 0 Å². The van der Waals surface area contributed by atoms with Crippen LogP contribution in [0, 0.1) is 5.92 Å². The van der Waals surface area contributed by atoms with Gasteiger partial charge in [-0.2, -0.15) is 0 Å². The van der Waals surface area contributed by atoms with E-state index < -0.39 is 10.0 Å². The molecule has 2 N–H and O–H groups in total. The minimum atomic E-state index is -3.15. The Kier molecular flexibility index (Phi) is 6.44. The van der Waals surface area contributed by atoms with Gasteiger partial charge in [0.05, 0.1) is 5.75 Å². The lowest BCUT2D eigenvalue weighted by Gasteiger charge is -2.22. The Labute approximate surface area is 127 Å². The molecule has 1 amide bonds. The molecule has 2 aliphatic rings. The summed E-state index contributed by atoms with van der Waals surface area (Å²) in [6.45, 7) is 4.01. The second kappa shape index (κ2) is 8.10. The van der Waals surface area contributed by atoms with Gasteiger partial charge < -0.3 is 10.6 Å². The van der Waals surface area contributed by atoms with E-state index in [2.05, 4.69) is 10.6 Å². The van der Waals surface area contributed by atoms with Crippen LogP contribution in [0.25, 0.3) is 0 Å². The molecule has 122 valence electrons. The van der Waals surface area contributed by atoms with Crippen molar-refractivity contribution in [1.29, 1.82) is 0 Å². The van der Waals surface area contributed by atoms with Gasteiger partial charge in [-0.25, -0.2) is 12.7 Å². The summed E-state index contributed by atoms with van der Waals surface area (Å²) in [6.07, 6.45) is 4.93. The highest BCUT2D eigenvalue weighted by atomic mass is 32.2. The number of hydrogen-bond donors (Lipinski definition) is 2. The van der Waals surface area contributed by atoms with E-state index in [1.54, 1.807) is 4.31 Å². The van der Waals surface area contributed by atoms with Gasteiger partial charge in [0, 0.05) is 26.1 Å². The summed E-state index contributed by atoms with van der Waals surface area (Å²) in [7, 11) is -3.15. The number of nitrogens with zero attached hydrogens (tertiary/aromatic N) is 1. The molecule has 2 fully saturated rings. The summed E-state index contributed by atoms with van der Waals surface area (Å²) in [5, 5.41) is 6.24. The Morgan fingerprint density at radius 2 is 2.00 bits per heavy atom. The van der Waals surface area contributed by atoms with Crippen molar-refractivity contribution in [2.24, 2.45) is 5.92 Å². The average Bonchev–Trinajstić information content (AvgIpc) is 3.01. The predicted molar refractivity (Wildman–Crippen MR) is 82.4 cm³/mol. The molecule has 2 heterocycles. The lowest BCUT2D eigenvalue weighted by molar-refractivity contribution is -0.121. The van der Waals surface area contributed by atoms with Crippen molar-refractivity contribution in [3.8, 4) is 0 Å². The van der Waals surface area contributed by atoms with Crippen molar-refractivity contribution in [2.45, 2.75) is 38.5 Å². The Morgan fingerprint density at radius 3 is 2.67 bits per heavy atom. The summed E-state index contributed by atoms with van der Waals surface area (Å²) in [5.74, 6) is 0.569. The maximum absolute atomic E-state index is 12.0. The van der Waals surface area contributed by atoms with Crippen molar-refractivity contribution < 1.29 is 13.2 Å². The molecular weight excluding hydrogens is 290 g/mol. The normalized spacial score (nSPS) is 24.1. The van der Waals surface area contributed by atoms with Gasteiger partial charge in [-0.15, -0.1) is 0 Å². The Morgan fingerprint density at radius 1 is 1.24 bits per heavy atom. The molecule has 0 spiro atoms. The van der Waals surface area contributed by atoms with E-state index >= 15 is 0 Å². The fourth-order valence-electron chi connectivity index (χ4n) is 2.96. The SMILES string of the molecule is O=C(CCCS(=O)(=O)N1CCCC1)NCC1CCCNC1. The van der Waals surface area contributed by atoms with E-state index in [9.17, 15) is 13.2 Å². The van der Waals surface area contributed by atoms with Crippen molar-refractivity contribution >= 4 is 15.9 Å². The maximum Gasteiger partial charge on any atom is 0.220 e. The molecular formula is C14H27N3O3S. The Balaban J connectivity index is 1.60. The quantitative estimate of drug-likeness (QED) is 0.708. The number of rotatable bonds is 7. The standard InChI is InChI=1S/C14H27N3O3S/c18-14(16-12-13-5-3-7-15-11-13)6-4-10-21(19,20)17-8-1-2-9-17/h13,15H,1-12H2,(H,16,18). The number of nitrogens with one attached hydrogen (secondary N) is 2. The highest BCUT2D eigenvalue weighted by Gasteiger charge is 2.24. The molecule has 0 aromatic rings. The topological polar surface area (TPSA) is 78.5 Å². The van der Waals surface area contributed by atoms with Crippen molar-refractivity contribution in [2.75, 3.05) is 38.5 Å². The largest absolute Gasteiger partial charge is 0.356 e. The number of carbonyl (C=O) groups is 1. The lowest BCUT2D eigenvalue weighted by Crippen LogP contribution is -2.38. The summed E-state index contributed by atoms with van der Waals surface area (Å²) >= 11 is 0. The zero-order valence-electron chi connectivity index (χ0n) is 12.6. The molecule has 0 aromatic heterocycles. The van der Waals surface area contributed by atoms with Crippen molar-refractivity contribution in [1.82, 2.24) is 14.9 Å². The van der Waals surface area contributed by atoms with Gasteiger partial charge in [0.15, 0.2) is 0 Å². The minimum Gasteiger partial charge on any atom is -0.356 e. The molecule has 0 aliphatic carbocycles. The zero-order valence-corrected chi connectivity index (χ0v) is 13.5. The van der Waals surface area contributed by atoms with Gasteiger partial charge in [-0.05, 0) is 51.1 Å². The predicted octanol–water partition coefficient (Wildman–Crippen LogP) is 0.308. The third-order valence-corrected chi connectivity index (χ3v) is 6.21. The molecule has 1 atom stereocenters. The van der Waals surface area contributed by atoms with Crippen molar-refractivity contribution in [3.63, 3.8) is 0 Å². The Hall–Kier alpha value is -0.660.